The molecule has 5 nitrogen and oxygen atoms in total. The number of halogens is 1. The number of nitrogens with one attached hydrogen (secondary N) is 1. The summed E-state index contributed by atoms with van der Waals surface area (Å²) in [7, 11) is 3.97. The van der Waals surface area contributed by atoms with Gasteiger partial charge in [-0.1, -0.05) is 18.6 Å². The van der Waals surface area contributed by atoms with Crippen molar-refractivity contribution >= 4 is 23.2 Å². The minimum Gasteiger partial charge on any atom is -0.378 e. The third kappa shape index (κ3) is 3.91. The molecule has 158 valence electrons. The third-order valence-electron chi connectivity index (χ3n) is 6.44. The number of carbonyl (C=O) groups excluding carboxylic acids is 2. The second-order valence-corrected chi connectivity index (χ2v) is 8.68. The summed E-state index contributed by atoms with van der Waals surface area (Å²) in [4.78, 5) is 29.9. The molecule has 2 aromatic carbocycles. The Bertz CT molecular complexity index is 961. The molecule has 4 rings (SSSR count). The summed E-state index contributed by atoms with van der Waals surface area (Å²) in [5.74, 6) is -0.551. The van der Waals surface area contributed by atoms with Crippen LogP contribution in [0.2, 0.25) is 0 Å². The van der Waals surface area contributed by atoms with Crippen molar-refractivity contribution in [3.05, 3.63) is 59.9 Å². The van der Waals surface area contributed by atoms with Gasteiger partial charge in [-0.25, -0.2) is 4.39 Å². The molecule has 2 aromatic rings. The fourth-order valence-electron chi connectivity index (χ4n) is 4.81. The van der Waals surface area contributed by atoms with Gasteiger partial charge in [0, 0.05) is 43.6 Å². The lowest BCUT2D eigenvalue weighted by Crippen LogP contribution is -2.46. The SMILES string of the molecule is CN(C)c1cccc(N2CC[C@]3(CCC[C@H](NC(=O)c4cccc(F)c4)C3)C2=O)c1. The zero-order chi connectivity index (χ0) is 21.3. The maximum absolute atomic E-state index is 13.5. The Morgan fingerprint density at radius 2 is 1.97 bits per heavy atom. The molecule has 1 saturated heterocycles. The molecule has 1 saturated carbocycles. The van der Waals surface area contributed by atoms with E-state index in [4.69, 9.17) is 0 Å². The molecule has 1 aliphatic heterocycles. The first-order valence-electron chi connectivity index (χ1n) is 10.5. The quantitative estimate of drug-likeness (QED) is 0.831. The lowest BCUT2D eigenvalue weighted by molar-refractivity contribution is -0.127. The van der Waals surface area contributed by atoms with Crippen LogP contribution in [0.5, 0.6) is 0 Å². The number of anilines is 2. The van der Waals surface area contributed by atoms with Crippen molar-refractivity contribution in [1.82, 2.24) is 5.32 Å². The molecule has 0 bridgehead atoms. The van der Waals surface area contributed by atoms with Crippen LogP contribution in [-0.4, -0.2) is 38.5 Å². The van der Waals surface area contributed by atoms with E-state index in [1.165, 1.54) is 18.2 Å². The number of rotatable bonds is 4. The minimum atomic E-state index is -0.427. The van der Waals surface area contributed by atoms with E-state index in [0.717, 1.165) is 37.1 Å². The summed E-state index contributed by atoms with van der Waals surface area (Å²) in [5.41, 5.74) is 1.88. The molecule has 2 amide bonds. The number of amides is 2. The average Bonchev–Trinajstić information content (AvgIpc) is 3.03. The Balaban J connectivity index is 1.47. The number of benzene rings is 2. The van der Waals surface area contributed by atoms with Crippen molar-refractivity contribution in [2.24, 2.45) is 5.41 Å². The van der Waals surface area contributed by atoms with Gasteiger partial charge < -0.3 is 15.1 Å². The normalized spacial score (nSPS) is 23.6. The second kappa shape index (κ2) is 8.09. The largest absolute Gasteiger partial charge is 0.378 e. The van der Waals surface area contributed by atoms with Crippen LogP contribution in [0.4, 0.5) is 15.8 Å². The smallest absolute Gasteiger partial charge is 0.251 e. The van der Waals surface area contributed by atoms with E-state index in [0.29, 0.717) is 18.5 Å². The first-order valence-corrected chi connectivity index (χ1v) is 10.5. The predicted octanol–water partition coefficient (Wildman–Crippen LogP) is 3.99. The van der Waals surface area contributed by atoms with Crippen LogP contribution >= 0.6 is 0 Å². The zero-order valence-corrected chi connectivity index (χ0v) is 17.5. The number of carbonyl (C=O) groups is 2. The lowest BCUT2D eigenvalue weighted by atomic mass is 9.71. The van der Waals surface area contributed by atoms with E-state index in [-0.39, 0.29) is 17.9 Å². The highest BCUT2D eigenvalue weighted by Gasteiger charge is 2.49. The van der Waals surface area contributed by atoms with Crippen LogP contribution in [0.1, 0.15) is 42.5 Å². The van der Waals surface area contributed by atoms with E-state index in [1.807, 2.05) is 48.2 Å². The third-order valence-corrected chi connectivity index (χ3v) is 6.44. The predicted molar refractivity (Wildman–Crippen MR) is 116 cm³/mol. The summed E-state index contributed by atoms with van der Waals surface area (Å²) in [6.07, 6.45) is 4.01. The van der Waals surface area contributed by atoms with Crippen molar-refractivity contribution in [2.45, 2.75) is 38.1 Å². The van der Waals surface area contributed by atoms with E-state index in [2.05, 4.69) is 5.32 Å². The van der Waals surface area contributed by atoms with Crippen LogP contribution in [0.25, 0.3) is 0 Å². The van der Waals surface area contributed by atoms with Crippen molar-refractivity contribution in [2.75, 3.05) is 30.4 Å². The molecule has 6 heteroatoms. The molecule has 2 fully saturated rings. The van der Waals surface area contributed by atoms with E-state index < -0.39 is 11.2 Å². The average molecular weight is 410 g/mol. The van der Waals surface area contributed by atoms with Crippen molar-refractivity contribution in [3.8, 4) is 0 Å². The molecule has 0 unspecified atom stereocenters. The second-order valence-electron chi connectivity index (χ2n) is 8.68. The lowest BCUT2D eigenvalue weighted by Gasteiger charge is -2.37. The van der Waals surface area contributed by atoms with Crippen molar-refractivity contribution in [1.29, 1.82) is 0 Å². The highest BCUT2D eigenvalue weighted by atomic mass is 19.1. The van der Waals surface area contributed by atoms with Gasteiger partial charge >= 0.3 is 0 Å². The maximum Gasteiger partial charge on any atom is 0.251 e. The Kier molecular flexibility index (Phi) is 5.50. The summed E-state index contributed by atoms with van der Waals surface area (Å²) in [6.45, 7) is 0.695. The van der Waals surface area contributed by atoms with Crippen molar-refractivity contribution in [3.63, 3.8) is 0 Å². The summed E-state index contributed by atoms with van der Waals surface area (Å²) in [6, 6.07) is 13.7. The Labute approximate surface area is 176 Å². The van der Waals surface area contributed by atoms with Gasteiger partial charge in [-0.05, 0) is 62.1 Å². The number of hydrogen-bond donors (Lipinski definition) is 1. The Morgan fingerprint density at radius 3 is 2.73 bits per heavy atom. The van der Waals surface area contributed by atoms with Crippen LogP contribution in [-0.2, 0) is 4.79 Å². The van der Waals surface area contributed by atoms with Gasteiger partial charge in [0.25, 0.3) is 5.91 Å². The molecular formula is C24H28FN3O2. The monoisotopic (exact) mass is 409 g/mol. The van der Waals surface area contributed by atoms with Crippen molar-refractivity contribution < 1.29 is 14.0 Å². The van der Waals surface area contributed by atoms with Gasteiger partial charge in [0.2, 0.25) is 5.91 Å². The molecule has 0 radical (unpaired) electrons. The summed E-state index contributed by atoms with van der Waals surface area (Å²) < 4.78 is 13.4. The highest BCUT2D eigenvalue weighted by Crippen LogP contribution is 2.46. The first kappa shape index (κ1) is 20.4. The molecule has 1 aliphatic carbocycles. The van der Waals surface area contributed by atoms with E-state index >= 15 is 0 Å². The molecule has 30 heavy (non-hydrogen) atoms. The van der Waals surface area contributed by atoms with E-state index in [1.54, 1.807) is 6.07 Å². The van der Waals surface area contributed by atoms with Gasteiger partial charge in [0.05, 0.1) is 5.41 Å². The molecule has 1 N–H and O–H groups in total. The van der Waals surface area contributed by atoms with Gasteiger partial charge in [-0.2, -0.15) is 0 Å². The standard InChI is InChI=1S/C24H28FN3O2/c1-27(2)20-9-4-10-21(15-20)28-13-12-24(23(28)30)11-5-8-19(16-24)26-22(29)17-6-3-7-18(25)14-17/h3-4,6-7,9-10,14-15,19H,5,8,11-13,16H2,1-2H3,(H,26,29)/t19-,24-/m0/s1. The van der Waals surface area contributed by atoms with Gasteiger partial charge in [0.15, 0.2) is 0 Å². The number of nitrogens with zero attached hydrogens (tertiary/aromatic N) is 2. The van der Waals surface area contributed by atoms with E-state index in [9.17, 15) is 14.0 Å². The van der Waals surface area contributed by atoms with Gasteiger partial charge in [-0.3, -0.25) is 9.59 Å². The molecule has 2 aliphatic rings. The number of hydrogen-bond acceptors (Lipinski definition) is 3. The molecule has 0 aromatic heterocycles. The van der Waals surface area contributed by atoms with Crippen LogP contribution in [0, 0.1) is 11.2 Å². The molecular weight excluding hydrogens is 381 g/mol. The fourth-order valence-corrected chi connectivity index (χ4v) is 4.81. The summed E-state index contributed by atoms with van der Waals surface area (Å²) >= 11 is 0. The van der Waals surface area contributed by atoms with Crippen LogP contribution < -0.4 is 15.1 Å². The topological polar surface area (TPSA) is 52.6 Å². The van der Waals surface area contributed by atoms with Crippen LogP contribution in [0.15, 0.2) is 48.5 Å². The Hall–Kier alpha value is -2.89. The highest BCUT2D eigenvalue weighted by molar-refractivity contribution is 6.00. The molecule has 2 atom stereocenters. The molecule has 1 spiro atoms. The van der Waals surface area contributed by atoms with Gasteiger partial charge in [0.1, 0.15) is 5.82 Å². The van der Waals surface area contributed by atoms with Crippen LogP contribution in [0.3, 0.4) is 0 Å². The molecule has 1 heterocycles. The zero-order valence-electron chi connectivity index (χ0n) is 17.5. The first-order chi connectivity index (χ1) is 14.4. The minimum absolute atomic E-state index is 0.0773. The van der Waals surface area contributed by atoms with Gasteiger partial charge in [-0.15, -0.1) is 0 Å². The fraction of sp³-hybridized carbons (Fsp3) is 0.417. The maximum atomic E-state index is 13.5. The Morgan fingerprint density at radius 1 is 1.17 bits per heavy atom. The summed E-state index contributed by atoms with van der Waals surface area (Å²) in [5, 5.41) is 3.03.